The summed E-state index contributed by atoms with van der Waals surface area (Å²) in [6.07, 6.45) is 1.08. The summed E-state index contributed by atoms with van der Waals surface area (Å²) >= 11 is 0. The highest BCUT2D eigenvalue weighted by Gasteiger charge is 2.16. The fourth-order valence-corrected chi connectivity index (χ4v) is 3.10. The Labute approximate surface area is 185 Å². The summed E-state index contributed by atoms with van der Waals surface area (Å²) in [5, 5.41) is 16.9. The van der Waals surface area contributed by atoms with E-state index in [9.17, 15) is 9.65 Å². The van der Waals surface area contributed by atoms with Crippen LogP contribution >= 0.6 is 0 Å². The molecule has 0 saturated heterocycles. The van der Waals surface area contributed by atoms with Gasteiger partial charge in [-0.15, -0.1) is 0 Å². The second kappa shape index (κ2) is 10.2. The summed E-state index contributed by atoms with van der Waals surface area (Å²) in [6.45, 7) is 0.417. The molecule has 0 aliphatic heterocycles. The van der Waals surface area contributed by atoms with E-state index in [1.807, 2.05) is 0 Å². The predicted molar refractivity (Wildman–Crippen MR) is 121 cm³/mol. The van der Waals surface area contributed by atoms with Crippen molar-refractivity contribution in [2.45, 2.75) is 12.8 Å². The van der Waals surface area contributed by atoms with Crippen LogP contribution in [0.1, 0.15) is 17.7 Å². The van der Waals surface area contributed by atoms with Crippen LogP contribution in [0.5, 0.6) is 11.5 Å². The van der Waals surface area contributed by atoms with Crippen molar-refractivity contribution in [3.05, 3.63) is 59.5 Å². The Morgan fingerprint density at radius 2 is 1.91 bits per heavy atom. The van der Waals surface area contributed by atoms with Crippen molar-refractivity contribution in [3.63, 3.8) is 0 Å². The Kier molecular flexibility index (Phi) is 7.13. The average molecular weight is 437 g/mol. The molecular weight excluding hydrogens is 413 g/mol. The Balaban J connectivity index is 1.62. The van der Waals surface area contributed by atoms with Gasteiger partial charge in [0.25, 0.3) is 0 Å². The minimum absolute atomic E-state index is 0.215. The van der Waals surface area contributed by atoms with Crippen LogP contribution in [-0.4, -0.2) is 36.5 Å². The van der Waals surface area contributed by atoms with Gasteiger partial charge in [0, 0.05) is 18.3 Å². The van der Waals surface area contributed by atoms with Crippen molar-refractivity contribution >= 4 is 17.5 Å². The number of aromatic nitrogens is 2. The van der Waals surface area contributed by atoms with Crippen LogP contribution in [0.4, 0.5) is 15.9 Å². The lowest BCUT2D eigenvalue weighted by atomic mass is 10.1. The number of guanidine groups is 1. The molecule has 5 N–H and O–H groups in total. The van der Waals surface area contributed by atoms with Gasteiger partial charge in [-0.2, -0.15) is 10.4 Å². The molecule has 0 unspecified atom stereocenters. The van der Waals surface area contributed by atoms with E-state index in [1.165, 1.54) is 16.8 Å². The van der Waals surface area contributed by atoms with Crippen LogP contribution in [0.15, 0.2) is 47.5 Å². The number of aryl methyl sites for hydroxylation is 1. The Morgan fingerprint density at radius 3 is 2.56 bits per heavy atom. The maximum absolute atomic E-state index is 13.2. The molecule has 0 bridgehead atoms. The predicted octanol–water partition coefficient (Wildman–Crippen LogP) is 2.84. The monoisotopic (exact) mass is 437 g/mol. The number of ether oxygens (including phenoxy) is 2. The largest absolute Gasteiger partial charge is 0.493 e. The number of nitrogens with two attached hydrogens (primary N) is 2. The zero-order chi connectivity index (χ0) is 23.1. The minimum atomic E-state index is -0.364. The summed E-state index contributed by atoms with van der Waals surface area (Å²) in [4.78, 5) is 4.31. The van der Waals surface area contributed by atoms with Crippen molar-refractivity contribution in [3.8, 4) is 23.3 Å². The first-order valence-corrected chi connectivity index (χ1v) is 9.79. The minimum Gasteiger partial charge on any atom is -0.493 e. The van der Waals surface area contributed by atoms with Crippen molar-refractivity contribution in [2.24, 2.45) is 10.7 Å². The van der Waals surface area contributed by atoms with Crippen LogP contribution < -0.4 is 26.3 Å². The number of hydrogen-bond acceptors (Lipinski definition) is 6. The highest BCUT2D eigenvalue weighted by Crippen LogP contribution is 2.29. The van der Waals surface area contributed by atoms with Crippen LogP contribution in [0.2, 0.25) is 0 Å². The van der Waals surface area contributed by atoms with E-state index in [2.05, 4.69) is 21.5 Å². The lowest BCUT2D eigenvalue weighted by Crippen LogP contribution is -2.23. The summed E-state index contributed by atoms with van der Waals surface area (Å²) in [6, 6.07) is 13.1. The molecule has 2 aromatic carbocycles. The topological polar surface area (TPSA) is 136 Å². The molecule has 1 aromatic heterocycles. The van der Waals surface area contributed by atoms with Crippen molar-refractivity contribution < 1.29 is 13.9 Å². The zero-order valence-corrected chi connectivity index (χ0v) is 17.8. The van der Waals surface area contributed by atoms with Crippen LogP contribution in [0, 0.1) is 17.1 Å². The number of benzene rings is 2. The summed E-state index contributed by atoms with van der Waals surface area (Å²) in [7, 11) is 3.12. The maximum Gasteiger partial charge on any atom is 0.193 e. The first-order chi connectivity index (χ1) is 15.5. The Morgan fingerprint density at radius 1 is 1.19 bits per heavy atom. The van der Waals surface area contributed by atoms with Gasteiger partial charge in [0.05, 0.1) is 25.6 Å². The molecule has 32 heavy (non-hydrogen) atoms. The van der Waals surface area contributed by atoms with E-state index < -0.39 is 0 Å². The second-order valence-corrected chi connectivity index (χ2v) is 6.77. The van der Waals surface area contributed by atoms with Crippen LogP contribution in [0.25, 0.3) is 5.69 Å². The molecule has 9 nitrogen and oxygen atoms in total. The molecule has 166 valence electrons. The number of nitrogen functional groups attached to an aromatic ring is 1. The van der Waals surface area contributed by atoms with Crippen LogP contribution in [0.3, 0.4) is 0 Å². The summed E-state index contributed by atoms with van der Waals surface area (Å²) < 4.78 is 25.1. The highest BCUT2D eigenvalue weighted by atomic mass is 19.1. The number of anilines is 2. The van der Waals surface area contributed by atoms with Crippen molar-refractivity contribution in [2.75, 3.05) is 31.8 Å². The first-order valence-electron chi connectivity index (χ1n) is 9.79. The fraction of sp³-hybridized carbons (Fsp3) is 0.227. The third-order valence-corrected chi connectivity index (χ3v) is 4.69. The molecule has 0 saturated carbocycles. The van der Waals surface area contributed by atoms with Gasteiger partial charge in [-0.1, -0.05) is 0 Å². The van der Waals surface area contributed by atoms with Crippen molar-refractivity contribution in [1.29, 1.82) is 5.26 Å². The van der Waals surface area contributed by atoms with Gasteiger partial charge in [-0.25, -0.2) is 9.07 Å². The van der Waals surface area contributed by atoms with E-state index in [0.717, 1.165) is 0 Å². The lowest BCUT2D eigenvalue weighted by Gasteiger charge is -2.10. The van der Waals surface area contributed by atoms with Gasteiger partial charge >= 0.3 is 0 Å². The molecule has 0 spiro atoms. The van der Waals surface area contributed by atoms with Gasteiger partial charge in [0.2, 0.25) is 0 Å². The van der Waals surface area contributed by atoms with Crippen LogP contribution in [-0.2, 0) is 6.42 Å². The number of hydrogen-bond donors (Lipinski definition) is 3. The van der Waals surface area contributed by atoms with E-state index in [4.69, 9.17) is 20.9 Å². The molecular formula is C22H24FN7O2. The number of halogens is 1. The normalized spacial score (nSPS) is 11.1. The van der Waals surface area contributed by atoms with E-state index >= 15 is 0 Å². The van der Waals surface area contributed by atoms with E-state index in [-0.39, 0.29) is 17.6 Å². The molecule has 0 aliphatic rings. The zero-order valence-electron chi connectivity index (χ0n) is 17.8. The molecule has 0 aliphatic carbocycles. The SMILES string of the molecule is COc1ccc(NC(N)=NCCCc2nn(-c3ccc(F)cc3)c(N)c2C#N)cc1OC. The Bertz CT molecular complexity index is 1150. The Hall–Kier alpha value is -4.26. The molecule has 0 amide bonds. The van der Waals surface area contributed by atoms with Gasteiger partial charge in [0.1, 0.15) is 23.3 Å². The number of nitriles is 1. The van der Waals surface area contributed by atoms with Gasteiger partial charge in [0.15, 0.2) is 17.5 Å². The molecule has 1 heterocycles. The average Bonchev–Trinajstić information content (AvgIpc) is 3.12. The fourth-order valence-electron chi connectivity index (χ4n) is 3.10. The molecule has 0 fully saturated rings. The van der Waals surface area contributed by atoms with E-state index in [1.54, 1.807) is 44.6 Å². The third kappa shape index (κ3) is 5.07. The third-order valence-electron chi connectivity index (χ3n) is 4.69. The number of nitrogens with one attached hydrogen (secondary N) is 1. The molecule has 0 radical (unpaired) electrons. The van der Waals surface area contributed by atoms with Gasteiger partial charge < -0.3 is 26.3 Å². The molecule has 3 rings (SSSR count). The summed E-state index contributed by atoms with van der Waals surface area (Å²) in [5.74, 6) is 1.28. The molecule has 10 heteroatoms. The molecule has 0 atom stereocenters. The van der Waals surface area contributed by atoms with Crippen molar-refractivity contribution in [1.82, 2.24) is 9.78 Å². The van der Waals surface area contributed by atoms with Gasteiger partial charge in [-0.3, -0.25) is 4.99 Å². The number of rotatable bonds is 8. The lowest BCUT2D eigenvalue weighted by molar-refractivity contribution is 0.355. The number of nitrogens with zero attached hydrogens (tertiary/aromatic N) is 4. The first kappa shape index (κ1) is 22.4. The van der Waals surface area contributed by atoms with E-state index in [0.29, 0.717) is 53.5 Å². The second-order valence-electron chi connectivity index (χ2n) is 6.77. The number of methoxy groups -OCH3 is 2. The number of aliphatic imine (C=N–C) groups is 1. The smallest absolute Gasteiger partial charge is 0.193 e. The maximum atomic E-state index is 13.2. The van der Waals surface area contributed by atoms with Gasteiger partial charge in [-0.05, 0) is 49.2 Å². The highest BCUT2D eigenvalue weighted by molar-refractivity contribution is 5.92. The standard InChI is InChI=1S/C22H24FN7O2/c1-31-19-10-7-15(12-20(19)32-2)28-22(26)27-11-3-4-18-17(13-24)21(25)30(29-18)16-8-5-14(23)6-9-16/h5-10,12H,3-4,11,25H2,1-2H3,(H3,26,27,28). The molecule has 3 aromatic rings. The quantitative estimate of drug-likeness (QED) is 0.280. The summed E-state index contributed by atoms with van der Waals surface area (Å²) in [5.41, 5.74) is 14.2.